The second-order valence-electron chi connectivity index (χ2n) is 8.74. The summed E-state index contributed by atoms with van der Waals surface area (Å²) in [5.41, 5.74) is 1.68. The predicted octanol–water partition coefficient (Wildman–Crippen LogP) is 2.43. The Morgan fingerprint density at radius 1 is 1.00 bits per heavy atom. The highest BCUT2D eigenvalue weighted by Crippen LogP contribution is 2.13. The van der Waals surface area contributed by atoms with E-state index in [4.69, 9.17) is 4.74 Å². The molecule has 0 aliphatic carbocycles. The summed E-state index contributed by atoms with van der Waals surface area (Å²) < 4.78 is 33.9. The zero-order chi connectivity index (χ0) is 24.8. The molecule has 7 nitrogen and oxygen atoms in total. The number of hydrogen-bond donors (Lipinski definition) is 0. The molecule has 1 fully saturated rings. The molecule has 35 heavy (non-hydrogen) atoms. The lowest BCUT2D eigenvalue weighted by atomic mass is 10.0. The van der Waals surface area contributed by atoms with E-state index in [1.807, 2.05) is 24.3 Å². The largest absolute Gasteiger partial charge is 0.464 e. The molecule has 0 spiro atoms. The number of nitrogens with zero attached hydrogens (tertiary/aromatic N) is 4. The molecule has 0 amide bonds. The third-order valence-electron chi connectivity index (χ3n) is 5.97. The van der Waals surface area contributed by atoms with E-state index in [9.17, 15) is 18.4 Å². The molecule has 1 aromatic heterocycles. The summed E-state index contributed by atoms with van der Waals surface area (Å²) in [5, 5.41) is 4.27. The Hall–Kier alpha value is -3.43. The number of hydrogen-bond acceptors (Lipinski definition) is 6. The van der Waals surface area contributed by atoms with Gasteiger partial charge in [0, 0.05) is 57.5 Å². The molecule has 0 unspecified atom stereocenters. The lowest BCUT2D eigenvalue weighted by Gasteiger charge is -2.32. The van der Waals surface area contributed by atoms with Crippen LogP contribution in [0.5, 0.6) is 0 Å². The van der Waals surface area contributed by atoms with Gasteiger partial charge in [-0.05, 0) is 30.3 Å². The van der Waals surface area contributed by atoms with E-state index in [1.54, 1.807) is 0 Å². The number of likely N-dealkylation sites (N-methyl/N-ethyl adjacent to an activating group) is 1. The van der Waals surface area contributed by atoms with E-state index in [2.05, 4.69) is 21.9 Å². The second-order valence-corrected chi connectivity index (χ2v) is 8.74. The molecule has 0 N–H and O–H groups in total. The number of carbonyl (C=O) groups excluding carboxylic acids is 1. The van der Waals surface area contributed by atoms with Gasteiger partial charge in [-0.3, -0.25) is 14.5 Å². The molecule has 0 atom stereocenters. The Morgan fingerprint density at radius 3 is 2.46 bits per heavy atom. The molecule has 1 saturated heterocycles. The zero-order valence-corrected chi connectivity index (χ0v) is 19.6. The van der Waals surface area contributed by atoms with Gasteiger partial charge < -0.3 is 9.64 Å². The topological polar surface area (TPSA) is 67.7 Å². The Bertz CT molecular complexity index is 1220. The highest BCUT2D eigenvalue weighted by molar-refractivity contribution is 5.72. The molecule has 4 rings (SSSR count). The lowest BCUT2D eigenvalue weighted by molar-refractivity contribution is -0.143. The summed E-state index contributed by atoms with van der Waals surface area (Å²) >= 11 is 0. The van der Waals surface area contributed by atoms with Crippen LogP contribution >= 0.6 is 0 Å². The van der Waals surface area contributed by atoms with Gasteiger partial charge in [0.15, 0.2) is 0 Å². The van der Waals surface area contributed by atoms with Crippen molar-refractivity contribution in [1.82, 2.24) is 19.6 Å². The van der Waals surface area contributed by atoms with E-state index in [0.717, 1.165) is 62.0 Å². The average Bonchev–Trinajstić information content (AvgIpc) is 2.81. The van der Waals surface area contributed by atoms with Crippen molar-refractivity contribution in [2.45, 2.75) is 12.8 Å². The summed E-state index contributed by atoms with van der Waals surface area (Å²) in [4.78, 5) is 29.2. The first-order valence-electron chi connectivity index (χ1n) is 11.6. The normalized spacial score (nSPS) is 14.7. The van der Waals surface area contributed by atoms with Crippen molar-refractivity contribution in [3.63, 3.8) is 0 Å². The molecule has 1 aliphatic heterocycles. The van der Waals surface area contributed by atoms with Crippen LogP contribution < -0.4 is 5.43 Å². The zero-order valence-electron chi connectivity index (χ0n) is 19.6. The van der Waals surface area contributed by atoms with Gasteiger partial charge >= 0.3 is 5.97 Å². The number of halogens is 2. The monoisotopic (exact) mass is 482 g/mol. The van der Waals surface area contributed by atoms with Crippen molar-refractivity contribution in [1.29, 1.82) is 0 Å². The third-order valence-corrected chi connectivity index (χ3v) is 5.97. The number of piperazine rings is 1. The van der Waals surface area contributed by atoms with Crippen molar-refractivity contribution in [2.24, 2.45) is 0 Å². The van der Waals surface area contributed by atoms with E-state index >= 15 is 0 Å². The standard InChI is InChI=1S/C26H28F2N4O3/c1-30-7-9-31(10-8-30)11-12-35-26(34)15-20-4-2-3-19(13-20)14-24-25(33)5-6-32(29-24)23-17-21(27)16-22(28)18-23/h2-6,13,16-18H,7-12,14-15H2,1H3. The quantitative estimate of drug-likeness (QED) is 0.460. The van der Waals surface area contributed by atoms with Crippen molar-refractivity contribution in [2.75, 3.05) is 46.4 Å². The Balaban J connectivity index is 1.36. The van der Waals surface area contributed by atoms with Gasteiger partial charge in [0.05, 0.1) is 12.1 Å². The SMILES string of the molecule is CN1CCN(CCOC(=O)Cc2cccc(Cc3nn(-c4cc(F)cc(F)c4)ccc3=O)c2)CC1. The van der Waals surface area contributed by atoms with E-state index in [-0.39, 0.29) is 35.6 Å². The number of aromatic nitrogens is 2. The number of carbonyl (C=O) groups is 1. The first-order valence-corrected chi connectivity index (χ1v) is 11.6. The molecule has 1 aliphatic rings. The van der Waals surface area contributed by atoms with Crippen LogP contribution in [0.15, 0.2) is 59.5 Å². The van der Waals surface area contributed by atoms with Crippen LogP contribution in [-0.2, 0) is 22.4 Å². The van der Waals surface area contributed by atoms with Crippen molar-refractivity contribution >= 4 is 5.97 Å². The highest BCUT2D eigenvalue weighted by Gasteiger charge is 2.14. The van der Waals surface area contributed by atoms with Gasteiger partial charge in [-0.15, -0.1) is 0 Å². The van der Waals surface area contributed by atoms with Gasteiger partial charge in [0.2, 0.25) is 5.43 Å². The number of ether oxygens (including phenoxy) is 1. The van der Waals surface area contributed by atoms with Gasteiger partial charge in [-0.25, -0.2) is 13.5 Å². The predicted molar refractivity (Wildman–Crippen MR) is 128 cm³/mol. The number of esters is 1. The minimum Gasteiger partial charge on any atom is -0.464 e. The van der Waals surface area contributed by atoms with Crippen LogP contribution in [0, 0.1) is 11.6 Å². The molecular formula is C26H28F2N4O3. The fourth-order valence-corrected chi connectivity index (χ4v) is 4.01. The van der Waals surface area contributed by atoms with Crippen molar-refractivity contribution in [3.8, 4) is 5.69 Å². The summed E-state index contributed by atoms with van der Waals surface area (Å²) in [5.74, 6) is -1.76. The Morgan fingerprint density at radius 2 is 1.71 bits per heavy atom. The molecule has 9 heteroatoms. The molecule has 2 aromatic carbocycles. The van der Waals surface area contributed by atoms with Gasteiger partial charge in [-0.2, -0.15) is 5.10 Å². The fraction of sp³-hybridized carbons (Fsp3) is 0.346. The van der Waals surface area contributed by atoms with Gasteiger partial charge in [0.25, 0.3) is 0 Å². The molecule has 184 valence electrons. The van der Waals surface area contributed by atoms with E-state index in [1.165, 1.54) is 16.9 Å². The Labute approximate surface area is 202 Å². The van der Waals surface area contributed by atoms with Crippen LogP contribution in [0.3, 0.4) is 0 Å². The minimum atomic E-state index is -0.731. The van der Waals surface area contributed by atoms with Crippen molar-refractivity contribution in [3.05, 3.63) is 93.4 Å². The second kappa shape index (κ2) is 11.3. The van der Waals surface area contributed by atoms with Gasteiger partial charge in [-0.1, -0.05) is 24.3 Å². The molecule has 0 saturated carbocycles. The maximum absolute atomic E-state index is 13.6. The molecule has 2 heterocycles. The number of rotatable bonds is 8. The molecule has 3 aromatic rings. The summed E-state index contributed by atoms with van der Waals surface area (Å²) in [6.45, 7) is 5.05. The third kappa shape index (κ3) is 7.03. The van der Waals surface area contributed by atoms with Crippen LogP contribution in [-0.4, -0.2) is 71.9 Å². The van der Waals surface area contributed by atoms with E-state index < -0.39 is 11.6 Å². The van der Waals surface area contributed by atoms with Gasteiger partial charge in [0.1, 0.15) is 23.9 Å². The maximum Gasteiger partial charge on any atom is 0.310 e. The molecule has 0 bridgehead atoms. The first kappa shape index (κ1) is 24.7. The minimum absolute atomic E-state index is 0.131. The highest BCUT2D eigenvalue weighted by atomic mass is 19.1. The maximum atomic E-state index is 13.6. The number of benzene rings is 2. The summed E-state index contributed by atoms with van der Waals surface area (Å²) in [7, 11) is 2.10. The average molecular weight is 483 g/mol. The van der Waals surface area contributed by atoms with Crippen LogP contribution in [0.4, 0.5) is 8.78 Å². The summed E-state index contributed by atoms with van der Waals surface area (Å²) in [6, 6.07) is 11.7. The van der Waals surface area contributed by atoms with Crippen molar-refractivity contribution < 1.29 is 18.3 Å². The van der Waals surface area contributed by atoms with E-state index in [0.29, 0.717) is 6.61 Å². The molecule has 0 radical (unpaired) electrons. The van der Waals surface area contributed by atoms with Crippen LogP contribution in [0.25, 0.3) is 5.69 Å². The smallest absolute Gasteiger partial charge is 0.310 e. The fourth-order valence-electron chi connectivity index (χ4n) is 4.01. The Kier molecular flexibility index (Phi) is 7.99. The lowest BCUT2D eigenvalue weighted by Crippen LogP contribution is -2.45. The first-order chi connectivity index (χ1) is 16.9. The molecular weight excluding hydrogens is 454 g/mol. The summed E-state index contributed by atoms with van der Waals surface area (Å²) in [6.07, 6.45) is 1.71. The van der Waals surface area contributed by atoms with Crippen LogP contribution in [0.1, 0.15) is 16.8 Å². The van der Waals surface area contributed by atoms with Crippen LogP contribution in [0.2, 0.25) is 0 Å².